The highest BCUT2D eigenvalue weighted by molar-refractivity contribution is 5.94. The quantitative estimate of drug-likeness (QED) is 0.681. The highest BCUT2D eigenvalue weighted by atomic mass is 16.1. The van der Waals surface area contributed by atoms with E-state index in [1.165, 1.54) is 0 Å². The molecule has 100 valence electrons. The smallest absolute Gasteiger partial charge is 0.249 e. The summed E-state index contributed by atoms with van der Waals surface area (Å²) in [6.07, 6.45) is 0. The van der Waals surface area contributed by atoms with Gasteiger partial charge in [0.15, 0.2) is 0 Å². The van der Waals surface area contributed by atoms with Crippen LogP contribution in [0.1, 0.15) is 29.8 Å². The van der Waals surface area contributed by atoms with Crippen molar-refractivity contribution in [3.05, 3.63) is 35.4 Å². The summed E-state index contributed by atoms with van der Waals surface area (Å²) in [5, 5.41) is 3.35. The van der Waals surface area contributed by atoms with Gasteiger partial charge in [-0.1, -0.05) is 32.0 Å². The SMILES string of the molecule is CCN(CC)CCNCc1ccccc1C(N)=O. The standard InChI is InChI=1S/C14H23N3O/c1-3-17(4-2)10-9-16-11-12-7-5-6-8-13(12)14(15)18/h5-8,16H,3-4,9-11H2,1-2H3,(H2,15,18). The van der Waals surface area contributed by atoms with Crippen molar-refractivity contribution in [3.8, 4) is 0 Å². The Bertz CT molecular complexity index is 375. The number of carbonyl (C=O) groups is 1. The molecule has 0 atom stereocenters. The second kappa shape index (κ2) is 7.84. The Labute approximate surface area is 109 Å². The third-order valence-electron chi connectivity index (χ3n) is 3.10. The van der Waals surface area contributed by atoms with Crippen LogP contribution in [0.15, 0.2) is 24.3 Å². The Kier molecular flexibility index (Phi) is 6.39. The maximum atomic E-state index is 11.2. The molecule has 1 aromatic carbocycles. The minimum absolute atomic E-state index is 0.365. The van der Waals surface area contributed by atoms with E-state index >= 15 is 0 Å². The zero-order valence-corrected chi connectivity index (χ0v) is 11.3. The molecule has 0 aliphatic rings. The second-order valence-electron chi connectivity index (χ2n) is 4.23. The molecule has 1 amide bonds. The first-order valence-corrected chi connectivity index (χ1v) is 6.49. The van der Waals surface area contributed by atoms with Crippen molar-refractivity contribution in [1.82, 2.24) is 10.2 Å². The van der Waals surface area contributed by atoms with Gasteiger partial charge in [-0.3, -0.25) is 4.79 Å². The number of rotatable bonds is 8. The van der Waals surface area contributed by atoms with Gasteiger partial charge in [-0.25, -0.2) is 0 Å². The van der Waals surface area contributed by atoms with Crippen LogP contribution in [0.2, 0.25) is 0 Å². The average molecular weight is 249 g/mol. The summed E-state index contributed by atoms with van der Waals surface area (Å²) in [6.45, 7) is 9.06. The van der Waals surface area contributed by atoms with E-state index in [1.54, 1.807) is 6.07 Å². The lowest BCUT2D eigenvalue weighted by atomic mass is 10.1. The lowest BCUT2D eigenvalue weighted by molar-refractivity contribution is 0.0999. The van der Waals surface area contributed by atoms with Crippen LogP contribution in [0.5, 0.6) is 0 Å². The first-order chi connectivity index (χ1) is 8.69. The summed E-state index contributed by atoms with van der Waals surface area (Å²) in [4.78, 5) is 13.6. The van der Waals surface area contributed by atoms with Crippen LogP contribution in [0, 0.1) is 0 Å². The van der Waals surface area contributed by atoms with E-state index in [1.807, 2.05) is 18.2 Å². The Morgan fingerprint density at radius 2 is 1.94 bits per heavy atom. The van der Waals surface area contributed by atoms with Crippen LogP contribution in [-0.2, 0) is 6.54 Å². The van der Waals surface area contributed by atoms with Gasteiger partial charge in [0.25, 0.3) is 0 Å². The Morgan fingerprint density at radius 1 is 1.28 bits per heavy atom. The van der Waals surface area contributed by atoms with Gasteiger partial charge in [-0.15, -0.1) is 0 Å². The number of primary amides is 1. The van der Waals surface area contributed by atoms with Gasteiger partial charge in [0.05, 0.1) is 0 Å². The fraction of sp³-hybridized carbons (Fsp3) is 0.500. The summed E-state index contributed by atoms with van der Waals surface area (Å²) in [6, 6.07) is 7.46. The number of hydrogen-bond acceptors (Lipinski definition) is 3. The van der Waals surface area contributed by atoms with Crippen molar-refractivity contribution in [2.45, 2.75) is 20.4 Å². The maximum absolute atomic E-state index is 11.2. The molecule has 3 N–H and O–H groups in total. The fourth-order valence-electron chi connectivity index (χ4n) is 1.91. The first-order valence-electron chi connectivity index (χ1n) is 6.49. The number of amides is 1. The summed E-state index contributed by atoms with van der Waals surface area (Å²) in [5.74, 6) is -0.365. The molecule has 0 aliphatic carbocycles. The molecule has 4 nitrogen and oxygen atoms in total. The zero-order valence-electron chi connectivity index (χ0n) is 11.3. The van der Waals surface area contributed by atoms with Gasteiger partial charge in [0.2, 0.25) is 5.91 Å². The summed E-state index contributed by atoms with van der Waals surface area (Å²) >= 11 is 0. The number of nitrogens with two attached hydrogens (primary N) is 1. The second-order valence-corrected chi connectivity index (χ2v) is 4.23. The molecule has 0 saturated heterocycles. The third kappa shape index (κ3) is 4.47. The van der Waals surface area contributed by atoms with Crippen molar-refractivity contribution in [3.63, 3.8) is 0 Å². The van der Waals surface area contributed by atoms with E-state index in [9.17, 15) is 4.79 Å². The van der Waals surface area contributed by atoms with Gasteiger partial charge >= 0.3 is 0 Å². The molecule has 0 unspecified atom stereocenters. The Morgan fingerprint density at radius 3 is 2.56 bits per heavy atom. The molecule has 1 aromatic rings. The predicted octanol–water partition coefficient (Wildman–Crippen LogP) is 1.22. The maximum Gasteiger partial charge on any atom is 0.249 e. The Balaban J connectivity index is 2.42. The molecule has 0 aliphatic heterocycles. The van der Waals surface area contributed by atoms with Crippen LogP contribution < -0.4 is 11.1 Å². The van der Waals surface area contributed by atoms with Crippen LogP contribution >= 0.6 is 0 Å². The van der Waals surface area contributed by atoms with Crippen LogP contribution in [0.3, 0.4) is 0 Å². The van der Waals surface area contributed by atoms with Gasteiger partial charge in [0, 0.05) is 25.2 Å². The number of hydrogen-bond donors (Lipinski definition) is 2. The summed E-state index contributed by atoms with van der Waals surface area (Å²) in [7, 11) is 0. The molecule has 0 saturated carbocycles. The topological polar surface area (TPSA) is 58.4 Å². The highest BCUT2D eigenvalue weighted by Gasteiger charge is 2.06. The van der Waals surface area contributed by atoms with E-state index in [2.05, 4.69) is 24.1 Å². The van der Waals surface area contributed by atoms with Crippen molar-refractivity contribution >= 4 is 5.91 Å². The molecule has 0 aromatic heterocycles. The molecule has 1 rings (SSSR count). The monoisotopic (exact) mass is 249 g/mol. The van der Waals surface area contributed by atoms with Crippen molar-refractivity contribution in [2.24, 2.45) is 5.73 Å². The minimum Gasteiger partial charge on any atom is -0.366 e. The van der Waals surface area contributed by atoms with Crippen molar-refractivity contribution in [2.75, 3.05) is 26.2 Å². The molecule has 18 heavy (non-hydrogen) atoms. The normalized spacial score (nSPS) is 10.8. The van der Waals surface area contributed by atoms with E-state index in [4.69, 9.17) is 5.73 Å². The van der Waals surface area contributed by atoms with Crippen LogP contribution in [-0.4, -0.2) is 37.0 Å². The van der Waals surface area contributed by atoms with Gasteiger partial charge in [-0.05, 0) is 24.7 Å². The van der Waals surface area contributed by atoms with Crippen molar-refractivity contribution in [1.29, 1.82) is 0 Å². The Hall–Kier alpha value is -1.39. The molecular formula is C14H23N3O. The fourth-order valence-corrected chi connectivity index (χ4v) is 1.91. The summed E-state index contributed by atoms with van der Waals surface area (Å²) in [5.41, 5.74) is 6.90. The van der Waals surface area contributed by atoms with E-state index in [0.717, 1.165) is 31.7 Å². The number of likely N-dealkylation sites (N-methyl/N-ethyl adjacent to an activating group) is 1. The van der Waals surface area contributed by atoms with Gasteiger partial charge in [-0.2, -0.15) is 0 Å². The molecule has 4 heteroatoms. The molecule has 0 fully saturated rings. The largest absolute Gasteiger partial charge is 0.366 e. The molecule has 0 heterocycles. The first kappa shape index (κ1) is 14.7. The number of nitrogens with one attached hydrogen (secondary N) is 1. The average Bonchev–Trinajstić information content (AvgIpc) is 2.39. The van der Waals surface area contributed by atoms with Gasteiger partial charge < -0.3 is 16.0 Å². The van der Waals surface area contributed by atoms with E-state index in [-0.39, 0.29) is 5.91 Å². The number of nitrogens with zero attached hydrogens (tertiary/aromatic N) is 1. The molecule has 0 radical (unpaired) electrons. The lowest BCUT2D eigenvalue weighted by Crippen LogP contribution is -2.32. The lowest BCUT2D eigenvalue weighted by Gasteiger charge is -2.18. The number of benzene rings is 1. The highest BCUT2D eigenvalue weighted by Crippen LogP contribution is 2.07. The van der Waals surface area contributed by atoms with E-state index < -0.39 is 0 Å². The molecule has 0 bridgehead atoms. The third-order valence-corrected chi connectivity index (χ3v) is 3.10. The predicted molar refractivity (Wildman–Crippen MR) is 74.5 cm³/mol. The van der Waals surface area contributed by atoms with Crippen molar-refractivity contribution < 1.29 is 4.79 Å². The number of carbonyl (C=O) groups excluding carboxylic acids is 1. The van der Waals surface area contributed by atoms with Gasteiger partial charge in [0.1, 0.15) is 0 Å². The van der Waals surface area contributed by atoms with Crippen LogP contribution in [0.4, 0.5) is 0 Å². The van der Waals surface area contributed by atoms with Crippen LogP contribution in [0.25, 0.3) is 0 Å². The molecule has 0 spiro atoms. The molecular weight excluding hydrogens is 226 g/mol. The summed E-state index contributed by atoms with van der Waals surface area (Å²) < 4.78 is 0. The minimum atomic E-state index is -0.365. The van der Waals surface area contributed by atoms with E-state index in [0.29, 0.717) is 12.1 Å². The zero-order chi connectivity index (χ0) is 13.4.